The second-order valence-electron chi connectivity index (χ2n) is 4.09. The van der Waals surface area contributed by atoms with Crippen LogP contribution < -0.4 is 5.32 Å². The smallest absolute Gasteiger partial charge is 0.253 e. The van der Waals surface area contributed by atoms with E-state index in [-0.39, 0.29) is 5.91 Å². The highest BCUT2D eigenvalue weighted by Crippen LogP contribution is 2.13. The topological polar surface area (TPSA) is 45.2 Å². The number of aromatic nitrogens is 1. The van der Waals surface area contributed by atoms with Gasteiger partial charge in [-0.25, -0.2) is 0 Å². The van der Waals surface area contributed by atoms with Crippen LogP contribution in [0.2, 0.25) is 0 Å². The van der Waals surface area contributed by atoms with Crippen LogP contribution in [0.15, 0.2) is 24.5 Å². The molecule has 4 heteroatoms. The molecule has 1 aromatic rings. The zero-order valence-corrected chi connectivity index (χ0v) is 11.5. The lowest BCUT2D eigenvalue weighted by atomic mass is 10.0. The number of carbonyl (C=O) groups is 1. The van der Waals surface area contributed by atoms with Crippen LogP contribution >= 0.6 is 0 Å². The van der Waals surface area contributed by atoms with Crippen LogP contribution in [0.25, 0.3) is 0 Å². The molecule has 0 spiro atoms. The van der Waals surface area contributed by atoms with Crippen molar-refractivity contribution in [1.82, 2.24) is 15.2 Å². The number of hydrogen-bond acceptors (Lipinski definition) is 3. The Kier molecular flexibility index (Phi) is 6.36. The first-order valence-electron chi connectivity index (χ1n) is 6.68. The first kappa shape index (κ1) is 14.6. The summed E-state index contributed by atoms with van der Waals surface area (Å²) in [4.78, 5) is 17.9. The van der Waals surface area contributed by atoms with E-state index in [0.29, 0.717) is 6.04 Å². The van der Waals surface area contributed by atoms with E-state index in [1.807, 2.05) is 25.8 Å². The molecule has 1 amide bonds. The van der Waals surface area contributed by atoms with Gasteiger partial charge in [-0.2, -0.15) is 0 Å². The van der Waals surface area contributed by atoms with Gasteiger partial charge < -0.3 is 10.2 Å². The van der Waals surface area contributed by atoms with Gasteiger partial charge in [-0.05, 0) is 32.0 Å². The maximum atomic E-state index is 12.1. The molecule has 0 radical (unpaired) electrons. The summed E-state index contributed by atoms with van der Waals surface area (Å²) in [5.41, 5.74) is 0.734. The largest absolute Gasteiger partial charge is 0.339 e. The molecular formula is C14H23N3O. The molecular weight excluding hydrogens is 226 g/mol. The van der Waals surface area contributed by atoms with Gasteiger partial charge in [0.25, 0.3) is 5.91 Å². The van der Waals surface area contributed by atoms with Gasteiger partial charge >= 0.3 is 0 Å². The van der Waals surface area contributed by atoms with Crippen molar-refractivity contribution in [2.45, 2.75) is 32.7 Å². The molecule has 0 saturated carbocycles. The Labute approximate surface area is 109 Å². The van der Waals surface area contributed by atoms with Crippen molar-refractivity contribution >= 4 is 5.91 Å². The third-order valence-corrected chi connectivity index (χ3v) is 3.12. The fraction of sp³-hybridized carbons (Fsp3) is 0.571. The molecule has 100 valence electrons. The Morgan fingerprint density at radius 3 is 2.33 bits per heavy atom. The maximum absolute atomic E-state index is 12.1. The van der Waals surface area contributed by atoms with Gasteiger partial charge in [0.2, 0.25) is 0 Å². The summed E-state index contributed by atoms with van der Waals surface area (Å²) in [6.07, 6.45) is 5.39. The summed E-state index contributed by atoms with van der Waals surface area (Å²) >= 11 is 0. The van der Waals surface area contributed by atoms with Gasteiger partial charge in [-0.3, -0.25) is 9.78 Å². The Balaban J connectivity index is 0.000000771. The zero-order chi connectivity index (χ0) is 13.4. The standard InChI is InChI=1S/C12H17N3O.C2H6/c1-13-11-4-8-15(9-5-11)12(16)10-2-6-14-7-3-10;1-2/h2-3,6-7,11,13H,4-5,8-9H2,1H3;1-2H3. The summed E-state index contributed by atoms with van der Waals surface area (Å²) in [6, 6.07) is 4.10. The average Bonchev–Trinajstić information content (AvgIpc) is 2.49. The van der Waals surface area contributed by atoms with Crippen molar-refractivity contribution in [2.24, 2.45) is 0 Å². The van der Waals surface area contributed by atoms with Crippen molar-refractivity contribution in [1.29, 1.82) is 0 Å². The van der Waals surface area contributed by atoms with Crippen molar-refractivity contribution < 1.29 is 4.79 Å². The Hall–Kier alpha value is -1.42. The Morgan fingerprint density at radius 1 is 1.28 bits per heavy atom. The molecule has 2 heterocycles. The molecule has 1 saturated heterocycles. The molecule has 0 aromatic carbocycles. The summed E-state index contributed by atoms with van der Waals surface area (Å²) in [7, 11) is 1.98. The number of nitrogens with one attached hydrogen (secondary N) is 1. The molecule has 4 nitrogen and oxygen atoms in total. The minimum absolute atomic E-state index is 0.122. The SMILES string of the molecule is CC.CNC1CCN(C(=O)c2ccncc2)CC1. The van der Waals surface area contributed by atoms with Crippen LogP contribution in [0.3, 0.4) is 0 Å². The van der Waals surface area contributed by atoms with E-state index < -0.39 is 0 Å². The van der Waals surface area contributed by atoms with Crippen LogP contribution in [-0.2, 0) is 0 Å². The van der Waals surface area contributed by atoms with Gasteiger partial charge in [0.1, 0.15) is 0 Å². The summed E-state index contributed by atoms with van der Waals surface area (Å²) in [5, 5.41) is 3.26. The number of likely N-dealkylation sites (tertiary alicyclic amines) is 1. The van der Waals surface area contributed by atoms with E-state index in [1.165, 1.54) is 0 Å². The molecule has 1 N–H and O–H groups in total. The van der Waals surface area contributed by atoms with Crippen molar-refractivity contribution in [3.8, 4) is 0 Å². The van der Waals surface area contributed by atoms with Crippen LogP contribution in [0.1, 0.15) is 37.0 Å². The molecule has 18 heavy (non-hydrogen) atoms. The van der Waals surface area contributed by atoms with Crippen LogP contribution in [0.4, 0.5) is 0 Å². The lowest BCUT2D eigenvalue weighted by Gasteiger charge is -2.31. The fourth-order valence-corrected chi connectivity index (χ4v) is 2.05. The van der Waals surface area contributed by atoms with E-state index in [0.717, 1.165) is 31.5 Å². The summed E-state index contributed by atoms with van der Waals surface area (Å²) in [5.74, 6) is 0.122. The van der Waals surface area contributed by atoms with Crippen LogP contribution in [-0.4, -0.2) is 42.0 Å². The predicted molar refractivity (Wildman–Crippen MR) is 73.6 cm³/mol. The summed E-state index contributed by atoms with van der Waals surface area (Å²) < 4.78 is 0. The average molecular weight is 249 g/mol. The summed E-state index contributed by atoms with van der Waals surface area (Å²) in [6.45, 7) is 5.68. The number of piperidine rings is 1. The zero-order valence-electron chi connectivity index (χ0n) is 11.5. The quantitative estimate of drug-likeness (QED) is 0.871. The van der Waals surface area contributed by atoms with Crippen LogP contribution in [0.5, 0.6) is 0 Å². The minimum atomic E-state index is 0.122. The number of carbonyl (C=O) groups excluding carboxylic acids is 1. The molecule has 0 atom stereocenters. The first-order valence-corrected chi connectivity index (χ1v) is 6.68. The normalized spacial score (nSPS) is 15.8. The second kappa shape index (κ2) is 7.82. The van der Waals surface area contributed by atoms with Gasteiger partial charge in [-0.15, -0.1) is 0 Å². The van der Waals surface area contributed by atoms with E-state index in [2.05, 4.69) is 10.3 Å². The van der Waals surface area contributed by atoms with E-state index in [1.54, 1.807) is 24.5 Å². The van der Waals surface area contributed by atoms with Gasteiger partial charge in [0.15, 0.2) is 0 Å². The highest BCUT2D eigenvalue weighted by atomic mass is 16.2. The monoisotopic (exact) mass is 249 g/mol. The lowest BCUT2D eigenvalue weighted by molar-refractivity contribution is 0.0707. The molecule has 2 rings (SSSR count). The predicted octanol–water partition coefficient (Wildman–Crippen LogP) is 1.93. The number of pyridine rings is 1. The third kappa shape index (κ3) is 3.81. The van der Waals surface area contributed by atoms with Gasteiger partial charge in [-0.1, -0.05) is 13.8 Å². The first-order chi connectivity index (χ1) is 8.81. The van der Waals surface area contributed by atoms with Crippen LogP contribution in [0, 0.1) is 0 Å². The minimum Gasteiger partial charge on any atom is -0.339 e. The molecule has 1 aliphatic rings. The molecule has 0 unspecified atom stereocenters. The lowest BCUT2D eigenvalue weighted by Crippen LogP contribution is -2.43. The van der Waals surface area contributed by atoms with E-state index >= 15 is 0 Å². The maximum Gasteiger partial charge on any atom is 0.253 e. The fourth-order valence-electron chi connectivity index (χ4n) is 2.05. The van der Waals surface area contributed by atoms with Gasteiger partial charge in [0.05, 0.1) is 0 Å². The molecule has 1 fully saturated rings. The number of amides is 1. The van der Waals surface area contributed by atoms with E-state index in [9.17, 15) is 4.79 Å². The Morgan fingerprint density at radius 2 is 1.83 bits per heavy atom. The number of rotatable bonds is 2. The third-order valence-electron chi connectivity index (χ3n) is 3.12. The molecule has 0 aliphatic carbocycles. The van der Waals surface area contributed by atoms with Crippen molar-refractivity contribution in [3.63, 3.8) is 0 Å². The van der Waals surface area contributed by atoms with Gasteiger partial charge in [0, 0.05) is 37.1 Å². The molecule has 1 aliphatic heterocycles. The Bertz CT molecular complexity index is 345. The number of hydrogen-bond donors (Lipinski definition) is 1. The van der Waals surface area contributed by atoms with E-state index in [4.69, 9.17) is 0 Å². The molecule has 0 bridgehead atoms. The number of nitrogens with zero attached hydrogens (tertiary/aromatic N) is 2. The highest BCUT2D eigenvalue weighted by Gasteiger charge is 2.22. The molecule has 1 aromatic heterocycles. The second-order valence-corrected chi connectivity index (χ2v) is 4.09. The van der Waals surface area contributed by atoms with Crippen molar-refractivity contribution in [3.05, 3.63) is 30.1 Å². The highest BCUT2D eigenvalue weighted by molar-refractivity contribution is 5.94. The van der Waals surface area contributed by atoms with Crippen molar-refractivity contribution in [2.75, 3.05) is 20.1 Å².